The molecule has 1 N–H and O–H groups in total. The maximum Gasteiger partial charge on any atom is 0.286 e. The highest BCUT2D eigenvalue weighted by Gasteiger charge is 2.26. The maximum atomic E-state index is 12.6. The third-order valence-electron chi connectivity index (χ3n) is 5.52. The van der Waals surface area contributed by atoms with Crippen molar-refractivity contribution in [2.75, 3.05) is 45.2 Å². The van der Waals surface area contributed by atoms with Crippen molar-refractivity contribution in [2.24, 2.45) is 4.40 Å². The molecule has 1 saturated heterocycles. The third kappa shape index (κ3) is 4.83. The fourth-order valence-corrected chi connectivity index (χ4v) is 5.19. The van der Waals surface area contributed by atoms with E-state index in [4.69, 9.17) is 4.74 Å². The summed E-state index contributed by atoms with van der Waals surface area (Å²) < 4.78 is 34.5. The molecule has 0 aromatic heterocycles. The first kappa shape index (κ1) is 20.8. The van der Waals surface area contributed by atoms with Gasteiger partial charge in [-0.3, -0.25) is 9.80 Å². The van der Waals surface area contributed by atoms with Crippen molar-refractivity contribution in [2.45, 2.75) is 24.8 Å². The predicted molar refractivity (Wildman–Crippen MR) is 119 cm³/mol. The second-order valence-corrected chi connectivity index (χ2v) is 9.47. The molecule has 0 radical (unpaired) electrons. The fourth-order valence-electron chi connectivity index (χ4n) is 3.97. The van der Waals surface area contributed by atoms with E-state index < -0.39 is 10.0 Å². The van der Waals surface area contributed by atoms with Gasteiger partial charge in [0.2, 0.25) is 0 Å². The van der Waals surface area contributed by atoms with Gasteiger partial charge in [0, 0.05) is 19.6 Å². The first-order valence-electron chi connectivity index (χ1n) is 10.2. The molecule has 0 saturated carbocycles. The lowest BCUT2D eigenvalue weighted by Crippen LogP contribution is -2.38. The summed E-state index contributed by atoms with van der Waals surface area (Å²) in [6, 6.07) is 13.6. The first-order chi connectivity index (χ1) is 14.4. The largest absolute Gasteiger partial charge is 0.497 e. The van der Waals surface area contributed by atoms with E-state index in [0.717, 1.165) is 50.5 Å². The van der Waals surface area contributed by atoms with E-state index in [1.54, 1.807) is 13.2 Å². The molecule has 0 aliphatic carbocycles. The van der Waals surface area contributed by atoms with Crippen LogP contribution in [0.5, 0.6) is 5.75 Å². The lowest BCUT2D eigenvalue weighted by Gasteiger charge is -2.25. The van der Waals surface area contributed by atoms with E-state index >= 15 is 0 Å². The number of amidine groups is 1. The van der Waals surface area contributed by atoms with Crippen molar-refractivity contribution in [1.82, 2.24) is 9.80 Å². The van der Waals surface area contributed by atoms with Gasteiger partial charge in [-0.15, -0.1) is 4.40 Å². The van der Waals surface area contributed by atoms with Crippen LogP contribution in [0.2, 0.25) is 0 Å². The van der Waals surface area contributed by atoms with Crippen LogP contribution in [0, 0.1) is 6.92 Å². The van der Waals surface area contributed by atoms with E-state index in [2.05, 4.69) is 31.6 Å². The van der Waals surface area contributed by atoms with Crippen LogP contribution in [0.3, 0.4) is 0 Å². The number of ether oxygens (including phenoxy) is 1. The van der Waals surface area contributed by atoms with E-state index in [-0.39, 0.29) is 4.90 Å². The molecule has 160 valence electrons. The van der Waals surface area contributed by atoms with Crippen molar-refractivity contribution in [3.05, 3.63) is 53.6 Å². The van der Waals surface area contributed by atoms with Crippen molar-refractivity contribution < 1.29 is 13.2 Å². The Morgan fingerprint density at radius 1 is 1.03 bits per heavy atom. The average Bonchev–Trinajstić information content (AvgIpc) is 2.93. The van der Waals surface area contributed by atoms with E-state index in [9.17, 15) is 8.42 Å². The highest BCUT2D eigenvalue weighted by molar-refractivity contribution is 7.90. The van der Waals surface area contributed by atoms with Crippen LogP contribution in [-0.2, 0) is 16.6 Å². The molecule has 0 atom stereocenters. The minimum atomic E-state index is -3.66. The lowest BCUT2D eigenvalue weighted by molar-refractivity contribution is 0.264. The van der Waals surface area contributed by atoms with E-state index in [0.29, 0.717) is 18.1 Å². The van der Waals surface area contributed by atoms with Crippen molar-refractivity contribution in [3.8, 4) is 5.75 Å². The van der Waals surface area contributed by atoms with Gasteiger partial charge in [0.25, 0.3) is 10.0 Å². The normalized spacial score (nSPS) is 19.3. The number of methoxy groups -OCH3 is 1. The summed E-state index contributed by atoms with van der Waals surface area (Å²) in [6.45, 7) is 6.97. The van der Waals surface area contributed by atoms with Crippen LogP contribution in [0.1, 0.15) is 17.5 Å². The molecule has 30 heavy (non-hydrogen) atoms. The standard InChI is InChI=1S/C22H28N4O3S/c1-17-7-8-20-21(13-17)30(27,28)24-22(23-20)16-26-10-4-9-25(11-12-26)15-18-5-3-6-19(14-18)29-2/h3,5-8,13-14H,4,9-12,15-16H2,1-2H3,(H,23,24). The van der Waals surface area contributed by atoms with Gasteiger partial charge in [-0.2, -0.15) is 8.42 Å². The Morgan fingerprint density at radius 3 is 2.57 bits per heavy atom. The van der Waals surface area contributed by atoms with Gasteiger partial charge < -0.3 is 10.1 Å². The monoisotopic (exact) mass is 428 g/mol. The molecule has 2 heterocycles. The van der Waals surface area contributed by atoms with Gasteiger partial charge >= 0.3 is 0 Å². The molecule has 0 spiro atoms. The van der Waals surface area contributed by atoms with Crippen molar-refractivity contribution in [3.63, 3.8) is 0 Å². The number of nitrogens with zero attached hydrogens (tertiary/aromatic N) is 3. The summed E-state index contributed by atoms with van der Waals surface area (Å²) in [5.74, 6) is 1.37. The zero-order chi connectivity index (χ0) is 21.1. The minimum Gasteiger partial charge on any atom is -0.497 e. The number of hydrogen-bond acceptors (Lipinski definition) is 6. The molecule has 4 rings (SSSR count). The molecule has 0 amide bonds. The number of benzene rings is 2. The molecule has 0 unspecified atom stereocenters. The molecule has 2 aliphatic heterocycles. The zero-order valence-corrected chi connectivity index (χ0v) is 18.3. The summed E-state index contributed by atoms with van der Waals surface area (Å²) >= 11 is 0. The van der Waals surface area contributed by atoms with Crippen LogP contribution in [0.4, 0.5) is 5.69 Å². The van der Waals surface area contributed by atoms with Crippen molar-refractivity contribution in [1.29, 1.82) is 0 Å². The summed E-state index contributed by atoms with van der Waals surface area (Å²) in [7, 11) is -1.97. The highest BCUT2D eigenvalue weighted by atomic mass is 32.2. The molecular weight excluding hydrogens is 400 g/mol. The Bertz CT molecular complexity index is 1050. The molecule has 2 aromatic rings. The molecule has 2 aliphatic rings. The van der Waals surface area contributed by atoms with Gasteiger partial charge in [-0.1, -0.05) is 18.2 Å². The quantitative estimate of drug-likeness (QED) is 0.789. The molecule has 7 nitrogen and oxygen atoms in total. The minimum absolute atomic E-state index is 0.256. The molecular formula is C22H28N4O3S. The summed E-state index contributed by atoms with van der Waals surface area (Å²) in [5.41, 5.74) is 2.75. The Kier molecular flexibility index (Phi) is 6.08. The molecule has 2 aromatic carbocycles. The van der Waals surface area contributed by atoms with Gasteiger partial charge in [0.05, 0.1) is 19.3 Å². The number of aryl methyl sites for hydroxylation is 1. The van der Waals surface area contributed by atoms with Crippen LogP contribution in [0.25, 0.3) is 0 Å². The number of fused-ring (bicyclic) bond motifs is 1. The molecule has 8 heteroatoms. The Morgan fingerprint density at radius 2 is 1.80 bits per heavy atom. The predicted octanol–water partition coefficient (Wildman–Crippen LogP) is 2.72. The summed E-state index contributed by atoms with van der Waals surface area (Å²) in [6.07, 6.45) is 1.03. The van der Waals surface area contributed by atoms with Crippen molar-refractivity contribution >= 4 is 21.5 Å². The Balaban J connectivity index is 1.38. The van der Waals surface area contributed by atoms with Gasteiger partial charge in [-0.25, -0.2) is 0 Å². The smallest absolute Gasteiger partial charge is 0.286 e. The van der Waals surface area contributed by atoms with Crippen LogP contribution in [0.15, 0.2) is 51.8 Å². The fraction of sp³-hybridized carbons (Fsp3) is 0.409. The number of nitrogens with one attached hydrogen (secondary N) is 1. The Labute approximate surface area is 178 Å². The summed E-state index contributed by atoms with van der Waals surface area (Å²) in [5, 5.41) is 3.21. The number of hydrogen-bond donors (Lipinski definition) is 1. The highest BCUT2D eigenvalue weighted by Crippen LogP contribution is 2.28. The third-order valence-corrected chi connectivity index (χ3v) is 6.87. The number of rotatable bonds is 5. The average molecular weight is 429 g/mol. The SMILES string of the molecule is COc1cccc(CN2CCCN(CC3=NS(=O)(=O)c4cc(C)ccc4N3)CC2)c1. The zero-order valence-electron chi connectivity index (χ0n) is 17.5. The Hall–Kier alpha value is -2.42. The lowest BCUT2D eigenvalue weighted by atomic mass is 10.2. The van der Waals surface area contributed by atoms with Crippen LogP contribution >= 0.6 is 0 Å². The second kappa shape index (κ2) is 8.75. The summed E-state index contributed by atoms with van der Waals surface area (Å²) in [4.78, 5) is 4.96. The van der Waals surface area contributed by atoms with E-state index in [1.165, 1.54) is 5.56 Å². The van der Waals surface area contributed by atoms with Crippen LogP contribution in [-0.4, -0.2) is 63.9 Å². The van der Waals surface area contributed by atoms with Gasteiger partial charge in [0.1, 0.15) is 16.5 Å². The number of anilines is 1. The molecule has 0 bridgehead atoms. The second-order valence-electron chi connectivity index (χ2n) is 7.90. The van der Waals surface area contributed by atoms with Gasteiger partial charge in [0.15, 0.2) is 0 Å². The van der Waals surface area contributed by atoms with Gasteiger partial charge in [-0.05, 0) is 61.8 Å². The van der Waals surface area contributed by atoms with Crippen LogP contribution < -0.4 is 10.1 Å². The molecule has 1 fully saturated rings. The topological polar surface area (TPSA) is 74.2 Å². The maximum absolute atomic E-state index is 12.6. The van der Waals surface area contributed by atoms with E-state index in [1.807, 2.05) is 31.2 Å². The number of sulfonamides is 1. The first-order valence-corrected chi connectivity index (χ1v) is 11.7.